The first-order valence-corrected chi connectivity index (χ1v) is 11.0. The van der Waals surface area contributed by atoms with Gasteiger partial charge in [-0.05, 0) is 59.2 Å². The lowest BCUT2D eigenvalue weighted by atomic mass is 10.1. The highest BCUT2D eigenvalue weighted by Gasteiger charge is 2.07. The number of thiocarbonyl (C=S) groups is 1. The molecule has 0 bridgehead atoms. The second-order valence-corrected chi connectivity index (χ2v) is 7.53. The van der Waals surface area contributed by atoms with Crippen LogP contribution in [0.25, 0.3) is 17.2 Å². The molecule has 35 heavy (non-hydrogen) atoms. The number of carbonyl (C=O) groups excluding carboxylic acids is 2. The van der Waals surface area contributed by atoms with Crippen LogP contribution in [0.1, 0.15) is 5.56 Å². The first-order valence-electron chi connectivity index (χ1n) is 10.6. The van der Waals surface area contributed by atoms with Gasteiger partial charge < -0.3 is 14.2 Å². The number of nitrogens with one attached hydrogen (secondary N) is 3. The second kappa shape index (κ2) is 12.8. The van der Waals surface area contributed by atoms with E-state index >= 15 is 0 Å². The molecule has 0 spiro atoms. The lowest BCUT2D eigenvalue weighted by Crippen LogP contribution is -2.49. The molecule has 180 valence electrons. The highest BCUT2D eigenvalue weighted by molar-refractivity contribution is 7.80. The first-order chi connectivity index (χ1) is 17.0. The van der Waals surface area contributed by atoms with Gasteiger partial charge in [0.25, 0.3) is 5.91 Å². The lowest BCUT2D eigenvalue weighted by molar-refractivity contribution is -0.123. The van der Waals surface area contributed by atoms with Gasteiger partial charge in [-0.1, -0.05) is 48.5 Å². The van der Waals surface area contributed by atoms with Crippen molar-refractivity contribution in [3.63, 3.8) is 0 Å². The molecule has 0 heterocycles. The summed E-state index contributed by atoms with van der Waals surface area (Å²) in [4.78, 5) is 24.1. The zero-order valence-electron chi connectivity index (χ0n) is 19.2. The molecule has 0 radical (unpaired) electrons. The lowest BCUT2D eigenvalue weighted by Gasteiger charge is -2.11. The van der Waals surface area contributed by atoms with E-state index in [0.29, 0.717) is 17.2 Å². The average molecular weight is 492 g/mol. The molecule has 0 saturated heterocycles. The Bertz CT molecular complexity index is 1200. The number of methoxy groups -OCH3 is 2. The Morgan fingerprint density at radius 2 is 1.54 bits per heavy atom. The van der Waals surface area contributed by atoms with Crippen LogP contribution in [0.2, 0.25) is 0 Å². The quantitative estimate of drug-likeness (QED) is 0.252. The number of ether oxygens (including phenoxy) is 3. The van der Waals surface area contributed by atoms with Crippen molar-refractivity contribution in [1.82, 2.24) is 16.2 Å². The third-order valence-corrected chi connectivity index (χ3v) is 4.92. The molecular formula is C26H25N3O5S. The minimum Gasteiger partial charge on any atom is -0.493 e. The van der Waals surface area contributed by atoms with E-state index < -0.39 is 11.8 Å². The summed E-state index contributed by atoms with van der Waals surface area (Å²) in [5, 5.41) is 2.37. The molecule has 8 nitrogen and oxygen atoms in total. The van der Waals surface area contributed by atoms with Crippen molar-refractivity contribution in [3.05, 3.63) is 84.4 Å². The molecule has 3 rings (SSSR count). The SMILES string of the molecule is COc1ccc(/C=C/C(=O)NC(=S)NNC(=O)COc2ccc(-c3ccccc3)cc2)cc1OC. The molecule has 0 fully saturated rings. The monoisotopic (exact) mass is 491 g/mol. The molecule has 9 heteroatoms. The van der Waals surface area contributed by atoms with Crippen LogP contribution in [-0.4, -0.2) is 37.8 Å². The maximum Gasteiger partial charge on any atom is 0.276 e. The molecule has 0 aliphatic heterocycles. The summed E-state index contributed by atoms with van der Waals surface area (Å²) < 4.78 is 15.9. The maximum atomic E-state index is 12.1. The molecule has 2 amide bonds. The van der Waals surface area contributed by atoms with E-state index in [1.54, 1.807) is 43.5 Å². The summed E-state index contributed by atoms with van der Waals surface area (Å²) in [6.07, 6.45) is 2.90. The Balaban J connectivity index is 1.39. The Kier molecular flexibility index (Phi) is 9.21. The van der Waals surface area contributed by atoms with E-state index in [1.807, 2.05) is 42.5 Å². The van der Waals surface area contributed by atoms with Crippen molar-refractivity contribution in [2.75, 3.05) is 20.8 Å². The van der Waals surface area contributed by atoms with Gasteiger partial charge in [-0.15, -0.1) is 0 Å². The van der Waals surface area contributed by atoms with Gasteiger partial charge >= 0.3 is 0 Å². The van der Waals surface area contributed by atoms with E-state index in [2.05, 4.69) is 16.2 Å². The van der Waals surface area contributed by atoms with Crippen LogP contribution in [-0.2, 0) is 9.59 Å². The van der Waals surface area contributed by atoms with Crippen LogP contribution in [0, 0.1) is 0 Å². The molecular weight excluding hydrogens is 466 g/mol. The molecule has 0 unspecified atom stereocenters. The zero-order valence-corrected chi connectivity index (χ0v) is 20.1. The number of amides is 2. The third-order valence-electron chi connectivity index (χ3n) is 4.72. The first kappa shape index (κ1) is 25.3. The Hall–Kier alpha value is -4.37. The summed E-state index contributed by atoms with van der Waals surface area (Å²) >= 11 is 5.02. The highest BCUT2D eigenvalue weighted by Crippen LogP contribution is 2.28. The fourth-order valence-electron chi connectivity index (χ4n) is 3.00. The van der Waals surface area contributed by atoms with Crippen molar-refractivity contribution < 1.29 is 23.8 Å². The summed E-state index contributed by atoms with van der Waals surface area (Å²) in [7, 11) is 3.08. The zero-order chi connectivity index (χ0) is 25.0. The smallest absolute Gasteiger partial charge is 0.276 e. The van der Waals surface area contributed by atoms with Gasteiger partial charge in [0.1, 0.15) is 5.75 Å². The molecule has 0 aromatic heterocycles. The number of hydrogen-bond acceptors (Lipinski definition) is 6. The Labute approximate surface area is 208 Å². The van der Waals surface area contributed by atoms with Crippen molar-refractivity contribution >= 4 is 35.2 Å². The average Bonchev–Trinajstić information content (AvgIpc) is 2.90. The fraction of sp³-hybridized carbons (Fsp3) is 0.115. The molecule has 0 aliphatic rings. The van der Waals surface area contributed by atoms with E-state index in [0.717, 1.165) is 16.7 Å². The van der Waals surface area contributed by atoms with Crippen LogP contribution in [0.3, 0.4) is 0 Å². The third kappa shape index (κ3) is 7.86. The van der Waals surface area contributed by atoms with Gasteiger partial charge in [0, 0.05) is 6.08 Å². The van der Waals surface area contributed by atoms with E-state index in [4.69, 9.17) is 26.4 Å². The van der Waals surface area contributed by atoms with Crippen molar-refractivity contribution in [2.24, 2.45) is 0 Å². The molecule has 3 aromatic carbocycles. The fourth-order valence-corrected chi connectivity index (χ4v) is 3.15. The van der Waals surface area contributed by atoms with E-state index in [1.165, 1.54) is 13.2 Å². The Morgan fingerprint density at radius 1 is 0.857 bits per heavy atom. The minimum atomic E-state index is -0.471. The van der Waals surface area contributed by atoms with Crippen LogP contribution in [0.4, 0.5) is 0 Å². The number of benzene rings is 3. The highest BCUT2D eigenvalue weighted by atomic mass is 32.1. The van der Waals surface area contributed by atoms with Crippen LogP contribution in [0.5, 0.6) is 17.2 Å². The number of rotatable bonds is 8. The number of hydrogen-bond donors (Lipinski definition) is 3. The van der Waals surface area contributed by atoms with E-state index in [9.17, 15) is 9.59 Å². The number of carbonyl (C=O) groups is 2. The Morgan fingerprint density at radius 3 is 2.23 bits per heavy atom. The standard InChI is InChI=1S/C26H25N3O5S/c1-32-22-14-8-18(16-23(22)33-2)9-15-24(30)27-26(35)29-28-25(31)17-34-21-12-10-20(11-13-21)19-6-4-3-5-7-19/h3-16H,17H2,1-2H3,(H,28,31)(H2,27,29,30,35)/b15-9+. The molecule has 3 aromatic rings. The normalized spacial score (nSPS) is 10.3. The van der Waals surface area contributed by atoms with Gasteiger partial charge in [0.15, 0.2) is 23.2 Å². The molecule has 3 N–H and O–H groups in total. The van der Waals surface area contributed by atoms with Gasteiger partial charge in [-0.2, -0.15) is 0 Å². The predicted octanol–water partition coefficient (Wildman–Crippen LogP) is 3.48. The summed E-state index contributed by atoms with van der Waals surface area (Å²) in [6, 6.07) is 22.6. The second-order valence-electron chi connectivity index (χ2n) is 7.12. The summed E-state index contributed by atoms with van der Waals surface area (Å²) in [5.74, 6) is 0.750. The largest absolute Gasteiger partial charge is 0.493 e. The molecule has 0 aliphatic carbocycles. The number of hydrazine groups is 1. The van der Waals surface area contributed by atoms with Gasteiger partial charge in [0.05, 0.1) is 14.2 Å². The summed E-state index contributed by atoms with van der Waals surface area (Å²) in [5.41, 5.74) is 7.71. The van der Waals surface area contributed by atoms with Crippen LogP contribution >= 0.6 is 12.2 Å². The predicted molar refractivity (Wildman–Crippen MR) is 138 cm³/mol. The minimum absolute atomic E-state index is 0.0625. The molecule has 0 atom stereocenters. The van der Waals surface area contributed by atoms with Crippen LogP contribution in [0.15, 0.2) is 78.9 Å². The van der Waals surface area contributed by atoms with Gasteiger partial charge in [0.2, 0.25) is 5.91 Å². The maximum absolute atomic E-state index is 12.1. The summed E-state index contributed by atoms with van der Waals surface area (Å²) in [6.45, 7) is -0.229. The van der Waals surface area contributed by atoms with Gasteiger partial charge in [-0.25, -0.2) is 0 Å². The molecule has 0 saturated carbocycles. The topological polar surface area (TPSA) is 97.9 Å². The van der Waals surface area contributed by atoms with Crippen LogP contribution < -0.4 is 30.4 Å². The van der Waals surface area contributed by atoms with Crippen molar-refractivity contribution in [3.8, 4) is 28.4 Å². The van der Waals surface area contributed by atoms with E-state index in [-0.39, 0.29) is 11.7 Å². The van der Waals surface area contributed by atoms with Gasteiger partial charge in [-0.3, -0.25) is 25.8 Å². The van der Waals surface area contributed by atoms with Crippen molar-refractivity contribution in [2.45, 2.75) is 0 Å². The van der Waals surface area contributed by atoms with Crippen molar-refractivity contribution in [1.29, 1.82) is 0 Å².